The van der Waals surface area contributed by atoms with E-state index in [1.54, 1.807) is 0 Å². The van der Waals surface area contributed by atoms with Gasteiger partial charge in [-0.15, -0.1) is 6.58 Å². The van der Waals surface area contributed by atoms with Gasteiger partial charge in [-0.2, -0.15) is 0 Å². The van der Waals surface area contributed by atoms with Crippen LogP contribution < -0.4 is 5.32 Å². The van der Waals surface area contributed by atoms with Gasteiger partial charge >= 0.3 is 0 Å². The molecule has 124 valence electrons. The van der Waals surface area contributed by atoms with E-state index in [1.807, 2.05) is 6.08 Å². The Morgan fingerprint density at radius 3 is 2.32 bits per heavy atom. The molecule has 2 saturated heterocycles. The molecule has 0 amide bonds. The fourth-order valence-electron chi connectivity index (χ4n) is 4.73. The number of nitrogens with zero attached hydrogens (tertiary/aromatic N) is 1. The number of Topliss-reactive ketones (excluding diaryl/α,β-unsaturated/α-hetero) is 1. The molecule has 2 heterocycles. The average Bonchev–Trinajstić information content (AvgIpc) is 2.78. The lowest BCUT2D eigenvalue weighted by atomic mass is 9.78. The Labute approximate surface area is 134 Å². The first-order valence-electron chi connectivity index (χ1n) is 8.36. The van der Waals surface area contributed by atoms with Gasteiger partial charge in [0.05, 0.1) is 6.04 Å². The van der Waals surface area contributed by atoms with Crippen molar-refractivity contribution in [1.29, 1.82) is 0 Å². The SMILES string of the molecule is C=CCC1CCC(C(=O)C=O)N1C1CC(C)(C)NC(C)(C)C1. The Balaban J connectivity index is 2.28. The monoisotopic (exact) mass is 306 g/mol. The molecule has 2 atom stereocenters. The first-order valence-corrected chi connectivity index (χ1v) is 8.36. The second kappa shape index (κ2) is 6.25. The van der Waals surface area contributed by atoms with Crippen molar-refractivity contribution in [3.05, 3.63) is 12.7 Å². The smallest absolute Gasteiger partial charge is 0.212 e. The number of hydrogen-bond donors (Lipinski definition) is 1. The van der Waals surface area contributed by atoms with Gasteiger partial charge in [0.25, 0.3) is 0 Å². The lowest BCUT2D eigenvalue weighted by Crippen LogP contribution is -2.64. The normalized spacial score (nSPS) is 31.8. The van der Waals surface area contributed by atoms with Crippen LogP contribution in [0.2, 0.25) is 0 Å². The van der Waals surface area contributed by atoms with E-state index >= 15 is 0 Å². The highest BCUT2D eigenvalue weighted by molar-refractivity contribution is 6.27. The van der Waals surface area contributed by atoms with Crippen LogP contribution in [0.5, 0.6) is 0 Å². The lowest BCUT2D eigenvalue weighted by molar-refractivity contribution is -0.134. The number of piperidine rings is 1. The third kappa shape index (κ3) is 3.66. The van der Waals surface area contributed by atoms with Crippen molar-refractivity contribution in [3.63, 3.8) is 0 Å². The molecule has 22 heavy (non-hydrogen) atoms. The molecule has 2 rings (SSSR count). The number of nitrogens with one attached hydrogen (secondary N) is 1. The first kappa shape index (κ1) is 17.4. The maximum absolute atomic E-state index is 12.1. The third-order valence-electron chi connectivity index (χ3n) is 5.03. The van der Waals surface area contributed by atoms with Crippen LogP contribution in [0.25, 0.3) is 0 Å². The van der Waals surface area contributed by atoms with E-state index in [0.717, 1.165) is 32.1 Å². The summed E-state index contributed by atoms with van der Waals surface area (Å²) in [5.74, 6) is -0.263. The van der Waals surface area contributed by atoms with Crippen LogP contribution in [0.4, 0.5) is 0 Å². The predicted octanol–water partition coefficient (Wildman–Crippen LogP) is 2.47. The minimum atomic E-state index is -0.263. The standard InChI is InChI=1S/C18H30N2O2/c1-6-7-13-8-9-15(16(22)12-21)20(13)14-10-17(2,3)19-18(4,5)11-14/h6,12-15,19H,1,7-11H2,2-5H3. The number of likely N-dealkylation sites (tertiary alicyclic amines) is 1. The van der Waals surface area contributed by atoms with Crippen LogP contribution in [0.1, 0.15) is 59.8 Å². The van der Waals surface area contributed by atoms with Gasteiger partial charge < -0.3 is 5.32 Å². The molecule has 0 aromatic heterocycles. The molecule has 0 spiro atoms. The molecule has 2 aliphatic heterocycles. The summed E-state index contributed by atoms with van der Waals surface area (Å²) in [5, 5.41) is 3.69. The third-order valence-corrected chi connectivity index (χ3v) is 5.03. The maximum atomic E-state index is 12.1. The number of hydrogen-bond acceptors (Lipinski definition) is 4. The van der Waals surface area contributed by atoms with E-state index in [0.29, 0.717) is 18.4 Å². The summed E-state index contributed by atoms with van der Waals surface area (Å²) in [5.41, 5.74) is 0.0605. The molecule has 2 fully saturated rings. The molecular formula is C18H30N2O2. The minimum absolute atomic E-state index is 0.0303. The Bertz CT molecular complexity index is 440. The average molecular weight is 306 g/mol. The first-order chi connectivity index (χ1) is 10.2. The minimum Gasteiger partial charge on any atom is -0.307 e. The summed E-state index contributed by atoms with van der Waals surface area (Å²) in [4.78, 5) is 25.5. The van der Waals surface area contributed by atoms with Gasteiger partial charge in [-0.1, -0.05) is 6.08 Å². The van der Waals surface area contributed by atoms with E-state index in [4.69, 9.17) is 0 Å². The van der Waals surface area contributed by atoms with E-state index in [2.05, 4.69) is 44.5 Å². The molecule has 0 aromatic rings. The van der Waals surface area contributed by atoms with Crippen molar-refractivity contribution < 1.29 is 9.59 Å². The number of carbonyl (C=O) groups excluding carboxylic acids is 2. The molecule has 0 radical (unpaired) electrons. The molecule has 2 aliphatic rings. The fraction of sp³-hybridized carbons (Fsp3) is 0.778. The van der Waals surface area contributed by atoms with Gasteiger partial charge in [-0.25, -0.2) is 0 Å². The Kier molecular flexibility index (Phi) is 4.93. The summed E-state index contributed by atoms with van der Waals surface area (Å²) >= 11 is 0. The summed E-state index contributed by atoms with van der Waals surface area (Å²) < 4.78 is 0. The van der Waals surface area contributed by atoms with E-state index in [1.165, 1.54) is 0 Å². The second-order valence-electron chi connectivity index (χ2n) is 8.19. The van der Waals surface area contributed by atoms with E-state index in [-0.39, 0.29) is 22.9 Å². The van der Waals surface area contributed by atoms with Crippen molar-refractivity contribution in [3.8, 4) is 0 Å². The molecule has 4 heteroatoms. The van der Waals surface area contributed by atoms with Gasteiger partial charge in [0.15, 0.2) is 6.29 Å². The summed E-state index contributed by atoms with van der Waals surface area (Å²) in [6, 6.07) is 0.422. The summed E-state index contributed by atoms with van der Waals surface area (Å²) in [6.45, 7) is 12.7. The number of carbonyl (C=O) groups is 2. The van der Waals surface area contributed by atoms with Crippen LogP contribution >= 0.6 is 0 Å². The Morgan fingerprint density at radius 2 is 1.82 bits per heavy atom. The topological polar surface area (TPSA) is 49.4 Å². The summed E-state index contributed by atoms with van der Waals surface area (Å²) in [7, 11) is 0. The van der Waals surface area contributed by atoms with Crippen LogP contribution in [-0.4, -0.2) is 46.2 Å². The van der Waals surface area contributed by atoms with E-state index in [9.17, 15) is 9.59 Å². The van der Waals surface area contributed by atoms with Crippen molar-refractivity contribution in [1.82, 2.24) is 10.2 Å². The van der Waals surface area contributed by atoms with Crippen molar-refractivity contribution in [2.45, 2.75) is 89.0 Å². The highest BCUT2D eigenvalue weighted by Gasteiger charge is 2.46. The molecule has 4 nitrogen and oxygen atoms in total. The molecule has 0 saturated carbocycles. The van der Waals surface area contributed by atoms with Crippen molar-refractivity contribution in [2.75, 3.05) is 0 Å². The summed E-state index contributed by atoms with van der Waals surface area (Å²) in [6.07, 6.45) is 7.07. The lowest BCUT2D eigenvalue weighted by Gasteiger charge is -2.51. The van der Waals surface area contributed by atoms with Crippen LogP contribution in [0.3, 0.4) is 0 Å². The highest BCUT2D eigenvalue weighted by atomic mass is 16.2. The van der Waals surface area contributed by atoms with Crippen LogP contribution in [-0.2, 0) is 9.59 Å². The maximum Gasteiger partial charge on any atom is 0.212 e. The van der Waals surface area contributed by atoms with Crippen LogP contribution in [0, 0.1) is 0 Å². The number of aldehydes is 1. The molecular weight excluding hydrogens is 276 g/mol. The second-order valence-corrected chi connectivity index (χ2v) is 8.19. The molecule has 0 aromatic carbocycles. The number of ketones is 1. The molecule has 1 N–H and O–H groups in total. The van der Waals surface area contributed by atoms with Crippen molar-refractivity contribution in [2.24, 2.45) is 0 Å². The zero-order valence-corrected chi connectivity index (χ0v) is 14.4. The zero-order chi connectivity index (χ0) is 16.5. The quantitative estimate of drug-likeness (QED) is 0.481. The van der Waals surface area contributed by atoms with Gasteiger partial charge in [0, 0.05) is 23.2 Å². The zero-order valence-electron chi connectivity index (χ0n) is 14.4. The molecule has 0 aliphatic carbocycles. The van der Waals surface area contributed by atoms with Gasteiger partial charge in [0.1, 0.15) is 0 Å². The largest absolute Gasteiger partial charge is 0.307 e. The molecule has 2 unspecified atom stereocenters. The Hall–Kier alpha value is -1.00. The predicted molar refractivity (Wildman–Crippen MR) is 88.8 cm³/mol. The Morgan fingerprint density at radius 1 is 1.23 bits per heavy atom. The van der Waals surface area contributed by atoms with Crippen LogP contribution in [0.15, 0.2) is 12.7 Å². The highest BCUT2D eigenvalue weighted by Crippen LogP contribution is 2.38. The van der Waals surface area contributed by atoms with Gasteiger partial charge in [-0.3, -0.25) is 14.5 Å². The fourth-order valence-corrected chi connectivity index (χ4v) is 4.73. The van der Waals surface area contributed by atoms with E-state index < -0.39 is 0 Å². The number of rotatable bonds is 5. The van der Waals surface area contributed by atoms with Crippen molar-refractivity contribution >= 4 is 12.1 Å². The van der Waals surface area contributed by atoms with Gasteiger partial charge in [-0.05, 0) is 59.8 Å². The molecule has 0 bridgehead atoms. The van der Waals surface area contributed by atoms with Gasteiger partial charge in [0.2, 0.25) is 5.78 Å².